The quantitative estimate of drug-likeness (QED) is 0.357. The molecule has 1 fully saturated rings. The second-order valence-corrected chi connectivity index (χ2v) is 8.41. The lowest BCUT2D eigenvalue weighted by atomic mass is 9.94. The van der Waals surface area contributed by atoms with Crippen molar-refractivity contribution in [3.8, 4) is 23.3 Å². The van der Waals surface area contributed by atoms with E-state index in [0.717, 1.165) is 42.5 Å². The van der Waals surface area contributed by atoms with Gasteiger partial charge in [0.25, 0.3) is 5.91 Å². The molecule has 0 saturated heterocycles. The summed E-state index contributed by atoms with van der Waals surface area (Å²) in [6, 6.07) is 9.13. The predicted octanol–water partition coefficient (Wildman–Crippen LogP) is 3.95. The van der Waals surface area contributed by atoms with Gasteiger partial charge >= 0.3 is 6.16 Å². The Balaban J connectivity index is 1.63. The zero-order chi connectivity index (χ0) is 24.1. The summed E-state index contributed by atoms with van der Waals surface area (Å²) in [7, 11) is 1.24. The lowest BCUT2D eigenvalue weighted by Gasteiger charge is -2.27. The Labute approximate surface area is 198 Å². The van der Waals surface area contributed by atoms with Crippen LogP contribution in [0, 0.1) is 18.8 Å². The van der Waals surface area contributed by atoms with Gasteiger partial charge in [-0.3, -0.25) is 4.79 Å². The first-order chi connectivity index (χ1) is 16.5. The van der Waals surface area contributed by atoms with Gasteiger partial charge in [0, 0.05) is 11.6 Å². The smallest absolute Gasteiger partial charge is 0.477 e. The van der Waals surface area contributed by atoms with Crippen molar-refractivity contribution in [2.24, 2.45) is 0 Å². The maximum Gasteiger partial charge on any atom is 0.513 e. The third-order valence-corrected chi connectivity index (χ3v) is 6.04. The number of amides is 1. The first-order valence-electron chi connectivity index (χ1n) is 11.3. The van der Waals surface area contributed by atoms with E-state index in [2.05, 4.69) is 27.2 Å². The number of benzene rings is 2. The normalized spacial score (nSPS) is 16.9. The Morgan fingerprint density at radius 1 is 1.24 bits per heavy atom. The van der Waals surface area contributed by atoms with Gasteiger partial charge in [-0.15, -0.1) is 0 Å². The minimum Gasteiger partial charge on any atom is -0.477 e. The molecule has 2 aliphatic rings. The van der Waals surface area contributed by atoms with Gasteiger partial charge in [0.1, 0.15) is 18.1 Å². The Kier molecular flexibility index (Phi) is 7.24. The van der Waals surface area contributed by atoms with Gasteiger partial charge in [-0.1, -0.05) is 30.7 Å². The van der Waals surface area contributed by atoms with Crippen LogP contribution in [0.2, 0.25) is 0 Å². The molecule has 1 heterocycles. The van der Waals surface area contributed by atoms with Gasteiger partial charge in [0.2, 0.25) is 0 Å². The Morgan fingerprint density at radius 2 is 2.03 bits per heavy atom. The fourth-order valence-corrected chi connectivity index (χ4v) is 4.36. The number of carbonyl (C=O) groups excluding carboxylic acids is 2. The van der Waals surface area contributed by atoms with E-state index < -0.39 is 12.3 Å². The highest BCUT2D eigenvalue weighted by Crippen LogP contribution is 2.41. The van der Waals surface area contributed by atoms with Gasteiger partial charge in [-0.2, -0.15) is 0 Å². The van der Waals surface area contributed by atoms with E-state index in [9.17, 15) is 14.7 Å². The molecule has 2 aromatic carbocycles. The van der Waals surface area contributed by atoms with Crippen molar-refractivity contribution in [1.29, 1.82) is 0 Å². The molecule has 178 valence electrons. The molecule has 1 atom stereocenters. The van der Waals surface area contributed by atoms with Crippen molar-refractivity contribution in [3.05, 3.63) is 47.0 Å². The fraction of sp³-hybridized carbons (Fsp3) is 0.385. The zero-order valence-electron chi connectivity index (χ0n) is 19.3. The number of anilines is 2. The van der Waals surface area contributed by atoms with Crippen LogP contribution >= 0.6 is 0 Å². The average Bonchev–Trinajstić information content (AvgIpc) is 3.37. The first-order valence-corrected chi connectivity index (χ1v) is 11.3. The molecular formula is C26H28N2O6. The highest BCUT2D eigenvalue weighted by Gasteiger charge is 2.28. The van der Waals surface area contributed by atoms with Crippen molar-refractivity contribution >= 4 is 23.4 Å². The number of aryl methyl sites for hydroxylation is 1. The monoisotopic (exact) mass is 464 g/mol. The summed E-state index contributed by atoms with van der Waals surface area (Å²) in [5.41, 5.74) is 3.66. The van der Waals surface area contributed by atoms with Gasteiger partial charge < -0.3 is 30.0 Å². The number of hydrogen-bond donors (Lipinski definition) is 3. The topological polar surface area (TPSA) is 106 Å². The number of aliphatic hydroxyl groups is 1. The third kappa shape index (κ3) is 5.26. The Hall–Kier alpha value is -3.70. The maximum atomic E-state index is 13.1. The number of hydrogen-bond acceptors (Lipinski definition) is 7. The van der Waals surface area contributed by atoms with Crippen molar-refractivity contribution in [2.75, 3.05) is 30.9 Å². The Morgan fingerprint density at radius 3 is 2.76 bits per heavy atom. The lowest BCUT2D eigenvalue weighted by Crippen LogP contribution is -2.41. The standard InChI is InChI=1S/C26H28N2O6/c1-16-9-10-22-21(12-16)27-15-24(33-22)25(30)28-20-14-23(34-26(31)32-2)19(17-6-3-4-7-17)13-18(20)8-5-11-29/h9-10,12-14,17,24,27,29H,3-4,6-7,11,15H2,1-2H3,(H,28,30). The summed E-state index contributed by atoms with van der Waals surface area (Å²) in [4.78, 5) is 25.0. The highest BCUT2D eigenvalue weighted by molar-refractivity contribution is 5.97. The van der Waals surface area contributed by atoms with Gasteiger partial charge in [-0.05, 0) is 55.0 Å². The molecule has 4 rings (SSSR count). The van der Waals surface area contributed by atoms with Crippen LogP contribution in [0.5, 0.6) is 11.5 Å². The number of carbonyl (C=O) groups is 2. The molecule has 1 aliphatic heterocycles. The highest BCUT2D eigenvalue weighted by atomic mass is 16.7. The van der Waals surface area contributed by atoms with Crippen molar-refractivity contribution < 1.29 is 28.9 Å². The lowest BCUT2D eigenvalue weighted by molar-refractivity contribution is -0.122. The first kappa shape index (κ1) is 23.5. The summed E-state index contributed by atoms with van der Waals surface area (Å²) in [5, 5.41) is 15.3. The van der Waals surface area contributed by atoms with E-state index in [1.807, 2.05) is 31.2 Å². The second kappa shape index (κ2) is 10.5. The van der Waals surface area contributed by atoms with Crippen molar-refractivity contribution in [3.63, 3.8) is 0 Å². The van der Waals surface area contributed by atoms with Crippen LogP contribution in [-0.2, 0) is 9.53 Å². The molecular weight excluding hydrogens is 436 g/mol. The predicted molar refractivity (Wildman–Crippen MR) is 127 cm³/mol. The van der Waals surface area contributed by atoms with Crippen molar-refractivity contribution in [1.82, 2.24) is 0 Å². The number of rotatable bonds is 4. The fourth-order valence-electron chi connectivity index (χ4n) is 4.36. The SMILES string of the molecule is COC(=O)Oc1cc(NC(=O)C2CNc3cc(C)ccc3O2)c(C#CCO)cc1C1CCCC1. The van der Waals surface area contributed by atoms with Gasteiger partial charge in [0.05, 0.1) is 25.0 Å². The third-order valence-electron chi connectivity index (χ3n) is 6.04. The van der Waals surface area contributed by atoms with Gasteiger partial charge in [-0.25, -0.2) is 4.79 Å². The number of ether oxygens (including phenoxy) is 3. The molecule has 34 heavy (non-hydrogen) atoms. The molecule has 0 radical (unpaired) electrons. The second-order valence-electron chi connectivity index (χ2n) is 8.41. The van der Waals surface area contributed by atoms with Crippen LogP contribution in [0.25, 0.3) is 0 Å². The Bertz CT molecular complexity index is 1140. The van der Waals surface area contributed by atoms with E-state index in [1.165, 1.54) is 7.11 Å². The van der Waals surface area contributed by atoms with Crippen LogP contribution < -0.4 is 20.1 Å². The zero-order valence-corrected chi connectivity index (χ0v) is 19.3. The van der Waals surface area contributed by atoms with E-state index in [4.69, 9.17) is 9.47 Å². The summed E-state index contributed by atoms with van der Waals surface area (Å²) in [6.45, 7) is 1.96. The van der Waals surface area contributed by atoms with Crippen LogP contribution in [0.15, 0.2) is 30.3 Å². The van der Waals surface area contributed by atoms with Crippen molar-refractivity contribution in [2.45, 2.75) is 44.6 Å². The average molecular weight is 465 g/mol. The summed E-state index contributed by atoms with van der Waals surface area (Å²) < 4.78 is 16.0. The molecule has 1 amide bonds. The number of aliphatic hydroxyl groups excluding tert-OH is 1. The summed E-state index contributed by atoms with van der Waals surface area (Å²) >= 11 is 0. The largest absolute Gasteiger partial charge is 0.513 e. The number of fused-ring (bicyclic) bond motifs is 1. The van der Waals surface area contributed by atoms with Crippen LogP contribution in [-0.4, -0.2) is 43.5 Å². The summed E-state index contributed by atoms with van der Waals surface area (Å²) in [6.07, 6.45) is 2.51. The van der Waals surface area contributed by atoms with Crippen LogP contribution in [0.1, 0.15) is 48.3 Å². The number of methoxy groups -OCH3 is 1. The molecule has 8 heteroatoms. The van der Waals surface area contributed by atoms with Gasteiger partial charge in [0.15, 0.2) is 6.10 Å². The molecule has 0 spiro atoms. The number of nitrogens with one attached hydrogen (secondary N) is 2. The molecule has 0 bridgehead atoms. The maximum absolute atomic E-state index is 13.1. The molecule has 1 unspecified atom stereocenters. The van der Waals surface area contributed by atoms with Crippen LogP contribution in [0.3, 0.4) is 0 Å². The minimum atomic E-state index is -0.836. The molecule has 3 N–H and O–H groups in total. The van der Waals surface area contributed by atoms with E-state index in [1.54, 1.807) is 6.07 Å². The molecule has 0 aromatic heterocycles. The molecule has 1 saturated carbocycles. The van der Waals surface area contributed by atoms with E-state index in [-0.39, 0.29) is 18.4 Å². The summed E-state index contributed by atoms with van der Waals surface area (Å²) in [5.74, 6) is 6.32. The minimum absolute atomic E-state index is 0.213. The molecule has 1 aliphatic carbocycles. The van der Waals surface area contributed by atoms with E-state index >= 15 is 0 Å². The van der Waals surface area contributed by atoms with E-state index in [0.29, 0.717) is 29.3 Å². The van der Waals surface area contributed by atoms with Crippen LogP contribution in [0.4, 0.5) is 16.2 Å². The molecule has 8 nitrogen and oxygen atoms in total. The molecule has 2 aromatic rings.